The van der Waals surface area contributed by atoms with E-state index in [1.165, 1.54) is 36.8 Å². The third-order valence-corrected chi connectivity index (χ3v) is 5.94. The van der Waals surface area contributed by atoms with Gasteiger partial charge >= 0.3 is 0 Å². The fraction of sp³-hybridized carbons (Fsp3) is 0.476. The number of carbonyl (C=O) groups excluding carboxylic acids is 1. The molecule has 1 aliphatic rings. The summed E-state index contributed by atoms with van der Waals surface area (Å²) < 4.78 is 0. The van der Waals surface area contributed by atoms with E-state index in [0.29, 0.717) is 6.54 Å². The molecule has 2 aromatic rings. The van der Waals surface area contributed by atoms with Crippen LogP contribution in [-0.2, 0) is 0 Å². The summed E-state index contributed by atoms with van der Waals surface area (Å²) in [5, 5.41) is 7.53. The van der Waals surface area contributed by atoms with Gasteiger partial charge in [-0.15, -0.1) is 0 Å². The van der Waals surface area contributed by atoms with Crippen molar-refractivity contribution in [3.05, 3.63) is 57.3 Å². The minimum Gasteiger partial charge on any atom is -0.350 e. The second-order valence-corrected chi connectivity index (χ2v) is 7.81. The molecule has 3 nitrogen and oxygen atoms in total. The first-order valence-corrected chi connectivity index (χ1v) is 10.2. The molecule has 1 atom stereocenters. The van der Waals surface area contributed by atoms with Crippen LogP contribution in [0.25, 0.3) is 0 Å². The van der Waals surface area contributed by atoms with Crippen LogP contribution in [0.4, 0.5) is 0 Å². The largest absolute Gasteiger partial charge is 0.350 e. The zero-order chi connectivity index (χ0) is 17.6. The number of likely N-dealkylation sites (tertiary alicyclic amines) is 1. The lowest BCUT2D eigenvalue weighted by Crippen LogP contribution is -2.38. The number of amides is 1. The first-order valence-electron chi connectivity index (χ1n) is 9.27. The van der Waals surface area contributed by atoms with Crippen molar-refractivity contribution in [1.29, 1.82) is 0 Å². The van der Waals surface area contributed by atoms with Crippen LogP contribution in [0.3, 0.4) is 0 Å². The molecule has 0 saturated carbocycles. The maximum Gasteiger partial charge on any atom is 0.251 e. The summed E-state index contributed by atoms with van der Waals surface area (Å²) in [6, 6.07) is 8.40. The third-order valence-electron chi connectivity index (χ3n) is 5.23. The summed E-state index contributed by atoms with van der Waals surface area (Å²) in [4.78, 5) is 15.2. The highest BCUT2D eigenvalue weighted by molar-refractivity contribution is 7.07. The highest BCUT2D eigenvalue weighted by atomic mass is 32.1. The van der Waals surface area contributed by atoms with Gasteiger partial charge < -0.3 is 5.32 Å². The summed E-state index contributed by atoms with van der Waals surface area (Å²) in [5.41, 5.74) is 4.46. The molecule has 1 N–H and O–H groups in total. The smallest absolute Gasteiger partial charge is 0.251 e. The molecule has 0 aliphatic carbocycles. The summed E-state index contributed by atoms with van der Waals surface area (Å²) in [7, 11) is 0. The highest BCUT2D eigenvalue weighted by Crippen LogP contribution is 2.25. The molecule has 0 bridgehead atoms. The second kappa shape index (κ2) is 8.63. The number of carbonyl (C=O) groups is 1. The van der Waals surface area contributed by atoms with Crippen LogP contribution >= 0.6 is 11.3 Å². The summed E-state index contributed by atoms with van der Waals surface area (Å²) in [6.07, 6.45) is 5.15. The zero-order valence-corrected chi connectivity index (χ0v) is 16.1. The number of hydrogen-bond acceptors (Lipinski definition) is 3. The monoisotopic (exact) mass is 356 g/mol. The molecule has 25 heavy (non-hydrogen) atoms. The molecule has 1 aliphatic heterocycles. The first kappa shape index (κ1) is 18.2. The van der Waals surface area contributed by atoms with Gasteiger partial charge in [-0.2, -0.15) is 11.3 Å². The van der Waals surface area contributed by atoms with Crippen molar-refractivity contribution >= 4 is 17.2 Å². The molecule has 1 unspecified atom stereocenters. The molecule has 2 heterocycles. The van der Waals surface area contributed by atoms with Crippen LogP contribution in [0.1, 0.15) is 58.8 Å². The van der Waals surface area contributed by atoms with Crippen molar-refractivity contribution in [1.82, 2.24) is 10.2 Å². The van der Waals surface area contributed by atoms with Gasteiger partial charge in [0.15, 0.2) is 0 Å². The van der Waals surface area contributed by atoms with Gasteiger partial charge in [0, 0.05) is 12.1 Å². The molecular formula is C21H28N2OS. The van der Waals surface area contributed by atoms with Crippen LogP contribution in [0.5, 0.6) is 0 Å². The van der Waals surface area contributed by atoms with Gasteiger partial charge in [-0.3, -0.25) is 9.69 Å². The maximum atomic E-state index is 12.6. The Labute approximate surface area is 155 Å². The minimum atomic E-state index is 0.0261. The van der Waals surface area contributed by atoms with Crippen molar-refractivity contribution in [3.8, 4) is 0 Å². The minimum absolute atomic E-state index is 0.0261. The van der Waals surface area contributed by atoms with Crippen LogP contribution < -0.4 is 5.32 Å². The van der Waals surface area contributed by atoms with E-state index in [2.05, 4.69) is 40.9 Å². The molecular weight excluding hydrogens is 328 g/mol. The molecule has 1 amide bonds. The summed E-state index contributed by atoms with van der Waals surface area (Å²) in [5.74, 6) is 0.0261. The van der Waals surface area contributed by atoms with Crippen molar-refractivity contribution in [2.24, 2.45) is 0 Å². The number of nitrogens with one attached hydrogen (secondary N) is 1. The molecule has 1 fully saturated rings. The fourth-order valence-corrected chi connectivity index (χ4v) is 4.21. The maximum absolute atomic E-state index is 12.6. The van der Waals surface area contributed by atoms with Crippen molar-refractivity contribution < 1.29 is 4.79 Å². The van der Waals surface area contributed by atoms with Gasteiger partial charge in [-0.1, -0.05) is 18.9 Å². The Kier molecular flexibility index (Phi) is 6.27. The molecule has 1 saturated heterocycles. The zero-order valence-electron chi connectivity index (χ0n) is 15.3. The third kappa shape index (κ3) is 4.71. The molecule has 1 aromatic heterocycles. The van der Waals surface area contributed by atoms with Crippen LogP contribution in [0.2, 0.25) is 0 Å². The first-order chi connectivity index (χ1) is 12.1. The number of thiophene rings is 1. The van der Waals surface area contributed by atoms with E-state index in [9.17, 15) is 4.79 Å². The Balaban J connectivity index is 1.69. The lowest BCUT2D eigenvalue weighted by atomic mass is 10.1. The Bertz CT molecular complexity index is 688. The van der Waals surface area contributed by atoms with Gasteiger partial charge in [0.25, 0.3) is 5.91 Å². The molecule has 134 valence electrons. The lowest BCUT2D eigenvalue weighted by Gasteiger charge is -2.30. The summed E-state index contributed by atoms with van der Waals surface area (Å²) >= 11 is 1.73. The Morgan fingerprint density at radius 3 is 2.52 bits per heavy atom. The van der Waals surface area contributed by atoms with Crippen molar-refractivity contribution in [3.63, 3.8) is 0 Å². The molecule has 0 radical (unpaired) electrons. The van der Waals surface area contributed by atoms with Crippen LogP contribution in [0.15, 0.2) is 35.0 Å². The quantitative estimate of drug-likeness (QED) is 0.841. The molecule has 0 spiro atoms. The van der Waals surface area contributed by atoms with E-state index in [1.54, 1.807) is 11.3 Å². The average molecular weight is 357 g/mol. The van der Waals surface area contributed by atoms with Crippen molar-refractivity contribution in [2.75, 3.05) is 19.6 Å². The van der Waals surface area contributed by atoms with Crippen molar-refractivity contribution in [2.45, 2.75) is 45.6 Å². The number of nitrogens with zero attached hydrogens (tertiary/aromatic N) is 1. The Morgan fingerprint density at radius 1 is 1.12 bits per heavy atom. The Hall–Kier alpha value is -1.65. The predicted octanol–water partition coefficient (Wildman–Crippen LogP) is 4.71. The van der Waals surface area contributed by atoms with E-state index < -0.39 is 0 Å². The van der Waals surface area contributed by atoms with Gasteiger partial charge in [0.2, 0.25) is 0 Å². The summed E-state index contributed by atoms with van der Waals surface area (Å²) in [6.45, 7) is 7.04. The van der Waals surface area contributed by atoms with Gasteiger partial charge in [-0.05, 0) is 85.4 Å². The number of rotatable bonds is 5. The van der Waals surface area contributed by atoms with Gasteiger partial charge in [0.05, 0.1) is 6.04 Å². The molecule has 4 heteroatoms. The van der Waals surface area contributed by atoms with Crippen LogP contribution in [-0.4, -0.2) is 30.4 Å². The van der Waals surface area contributed by atoms with E-state index in [1.807, 2.05) is 18.2 Å². The topological polar surface area (TPSA) is 32.3 Å². The number of hydrogen-bond donors (Lipinski definition) is 1. The van der Waals surface area contributed by atoms with E-state index in [-0.39, 0.29) is 11.9 Å². The fourth-order valence-electron chi connectivity index (χ4n) is 3.50. The predicted molar refractivity (Wildman–Crippen MR) is 105 cm³/mol. The van der Waals surface area contributed by atoms with E-state index >= 15 is 0 Å². The van der Waals surface area contributed by atoms with E-state index in [4.69, 9.17) is 0 Å². The average Bonchev–Trinajstić information content (AvgIpc) is 3.00. The molecule has 3 rings (SSSR count). The highest BCUT2D eigenvalue weighted by Gasteiger charge is 2.22. The number of aryl methyl sites for hydroxylation is 2. The second-order valence-electron chi connectivity index (χ2n) is 7.03. The standard InChI is InChI=1S/C21H28N2OS/c1-16-7-8-18(13-17(16)2)21(24)22-14-20(19-9-12-25-15-19)23-10-5-3-4-6-11-23/h7-9,12-13,15,20H,3-6,10-11,14H2,1-2H3,(H,22,24). The normalized spacial score (nSPS) is 17.0. The van der Waals surface area contributed by atoms with E-state index in [0.717, 1.165) is 24.2 Å². The molecule has 1 aromatic carbocycles. The SMILES string of the molecule is Cc1ccc(C(=O)NCC(c2ccsc2)N2CCCCCC2)cc1C. The van der Waals surface area contributed by atoms with Gasteiger partial charge in [0.1, 0.15) is 0 Å². The van der Waals surface area contributed by atoms with Crippen LogP contribution in [0, 0.1) is 13.8 Å². The lowest BCUT2D eigenvalue weighted by molar-refractivity contribution is 0.0933. The Morgan fingerprint density at radius 2 is 1.88 bits per heavy atom. The van der Waals surface area contributed by atoms with Gasteiger partial charge in [-0.25, -0.2) is 0 Å². The number of benzene rings is 1.